The maximum atomic E-state index is 11.5. The van der Waals surface area contributed by atoms with Crippen molar-refractivity contribution in [1.82, 2.24) is 0 Å². The standard InChI is InChI=1S/C37H38O5/c1-2-39-36(38)25-41-32-22-33(23-32)42-30-16-13-28(14-17-30)37-34(27-11-7-4-8-12-27)19-15-29-21-31(18-20-35(29)37)40-24-26-9-5-3-6-10-26/h3-14,16-18,20-21,32-34,37H,2,15,19,22-25H2,1H3/t32?,33?,34-,37+/m1/s1. The number of fused-ring (bicyclic) bond motifs is 1. The number of aryl methyl sites for hydroxylation is 1. The Kier molecular flexibility index (Phi) is 8.86. The maximum absolute atomic E-state index is 11.5. The number of hydrogen-bond donors (Lipinski definition) is 0. The highest BCUT2D eigenvalue weighted by Gasteiger charge is 2.34. The van der Waals surface area contributed by atoms with Crippen LogP contribution in [-0.2, 0) is 27.3 Å². The second-order valence-electron chi connectivity index (χ2n) is 11.2. The lowest BCUT2D eigenvalue weighted by atomic mass is 9.69. The molecule has 2 aliphatic rings. The monoisotopic (exact) mass is 562 g/mol. The molecule has 0 aromatic heterocycles. The van der Waals surface area contributed by atoms with Crippen LogP contribution in [0.25, 0.3) is 0 Å². The molecule has 0 heterocycles. The molecule has 216 valence electrons. The van der Waals surface area contributed by atoms with Crippen LogP contribution in [0.2, 0.25) is 0 Å². The first-order valence-corrected chi connectivity index (χ1v) is 15.0. The fraction of sp³-hybridized carbons (Fsp3) is 0.324. The molecule has 42 heavy (non-hydrogen) atoms. The minimum Gasteiger partial charge on any atom is -0.490 e. The van der Waals surface area contributed by atoms with Crippen molar-refractivity contribution in [2.24, 2.45) is 0 Å². The van der Waals surface area contributed by atoms with Gasteiger partial charge in [-0.1, -0.05) is 78.9 Å². The topological polar surface area (TPSA) is 54.0 Å². The lowest BCUT2D eigenvalue weighted by molar-refractivity contribution is -0.154. The second-order valence-corrected chi connectivity index (χ2v) is 11.2. The van der Waals surface area contributed by atoms with E-state index in [4.69, 9.17) is 18.9 Å². The fourth-order valence-corrected chi connectivity index (χ4v) is 6.18. The molecule has 0 aliphatic heterocycles. The molecule has 6 rings (SSSR count). The molecule has 0 radical (unpaired) electrons. The normalized spacial score (nSPS) is 21.1. The third-order valence-electron chi connectivity index (χ3n) is 8.39. The summed E-state index contributed by atoms with van der Waals surface area (Å²) >= 11 is 0. The van der Waals surface area contributed by atoms with E-state index in [0.29, 0.717) is 19.1 Å². The van der Waals surface area contributed by atoms with E-state index in [1.165, 1.54) is 27.8 Å². The van der Waals surface area contributed by atoms with Crippen molar-refractivity contribution in [3.63, 3.8) is 0 Å². The van der Waals surface area contributed by atoms with Gasteiger partial charge in [0.25, 0.3) is 0 Å². The van der Waals surface area contributed by atoms with Crippen LogP contribution >= 0.6 is 0 Å². The zero-order chi connectivity index (χ0) is 28.7. The Morgan fingerprint density at radius 3 is 2.24 bits per heavy atom. The SMILES string of the molecule is CCOC(=O)COC1CC(Oc2ccc([C@@H]3c4ccc(OCc5ccccc5)cc4CC[C@@H]3c3ccccc3)cc2)C1. The van der Waals surface area contributed by atoms with Gasteiger partial charge in [0.15, 0.2) is 0 Å². The van der Waals surface area contributed by atoms with Crippen molar-refractivity contribution < 1.29 is 23.7 Å². The van der Waals surface area contributed by atoms with Crippen molar-refractivity contribution in [2.45, 2.75) is 63.3 Å². The van der Waals surface area contributed by atoms with Gasteiger partial charge in [0.2, 0.25) is 0 Å². The summed E-state index contributed by atoms with van der Waals surface area (Å²) in [7, 11) is 0. The van der Waals surface area contributed by atoms with Crippen LogP contribution in [0.4, 0.5) is 0 Å². The highest BCUT2D eigenvalue weighted by Crippen LogP contribution is 2.47. The van der Waals surface area contributed by atoms with Crippen molar-refractivity contribution in [3.8, 4) is 11.5 Å². The van der Waals surface area contributed by atoms with Gasteiger partial charge in [-0.25, -0.2) is 4.79 Å². The summed E-state index contributed by atoms with van der Waals surface area (Å²) in [6.45, 7) is 2.74. The van der Waals surface area contributed by atoms with Crippen LogP contribution < -0.4 is 9.47 Å². The number of benzene rings is 4. The maximum Gasteiger partial charge on any atom is 0.332 e. The van der Waals surface area contributed by atoms with E-state index in [0.717, 1.165) is 37.2 Å². The zero-order valence-corrected chi connectivity index (χ0v) is 24.1. The quantitative estimate of drug-likeness (QED) is 0.176. The Bertz CT molecular complexity index is 1450. The van der Waals surface area contributed by atoms with Crippen molar-refractivity contribution in [1.29, 1.82) is 0 Å². The first-order valence-electron chi connectivity index (χ1n) is 15.0. The van der Waals surface area contributed by atoms with Gasteiger partial charge in [0, 0.05) is 18.8 Å². The zero-order valence-electron chi connectivity index (χ0n) is 24.1. The van der Waals surface area contributed by atoms with Crippen molar-refractivity contribution >= 4 is 5.97 Å². The summed E-state index contributed by atoms with van der Waals surface area (Å²) in [5.41, 5.74) is 6.57. The van der Waals surface area contributed by atoms with Crippen LogP contribution in [0, 0.1) is 0 Å². The largest absolute Gasteiger partial charge is 0.490 e. The summed E-state index contributed by atoms with van der Waals surface area (Å²) in [6, 6.07) is 36.4. The summed E-state index contributed by atoms with van der Waals surface area (Å²) in [5, 5.41) is 0. The smallest absolute Gasteiger partial charge is 0.332 e. The Morgan fingerprint density at radius 2 is 1.50 bits per heavy atom. The molecule has 4 aromatic rings. The Morgan fingerprint density at radius 1 is 0.786 bits per heavy atom. The Labute approximate surface area is 248 Å². The molecule has 2 atom stereocenters. The van der Waals surface area contributed by atoms with E-state index >= 15 is 0 Å². The molecule has 0 unspecified atom stereocenters. The molecule has 2 aliphatic carbocycles. The van der Waals surface area contributed by atoms with E-state index in [1.54, 1.807) is 6.92 Å². The van der Waals surface area contributed by atoms with Gasteiger partial charge in [-0.05, 0) is 77.8 Å². The third kappa shape index (κ3) is 6.69. The molecule has 0 N–H and O–H groups in total. The predicted octanol–water partition coefficient (Wildman–Crippen LogP) is 7.62. The molecular weight excluding hydrogens is 524 g/mol. The molecule has 5 heteroatoms. The first-order chi connectivity index (χ1) is 20.7. The molecule has 0 bridgehead atoms. The number of hydrogen-bond acceptors (Lipinski definition) is 5. The van der Waals surface area contributed by atoms with E-state index < -0.39 is 0 Å². The van der Waals surface area contributed by atoms with E-state index in [1.807, 2.05) is 18.2 Å². The molecule has 5 nitrogen and oxygen atoms in total. The minimum absolute atomic E-state index is 0.00596. The van der Waals surface area contributed by atoms with Gasteiger partial charge in [-0.15, -0.1) is 0 Å². The van der Waals surface area contributed by atoms with Crippen molar-refractivity contribution in [3.05, 3.63) is 131 Å². The fourth-order valence-electron chi connectivity index (χ4n) is 6.18. The Balaban J connectivity index is 1.15. The lowest BCUT2D eigenvalue weighted by Crippen LogP contribution is -2.40. The molecule has 0 amide bonds. The van der Waals surface area contributed by atoms with E-state index in [-0.39, 0.29) is 30.7 Å². The highest BCUT2D eigenvalue weighted by atomic mass is 16.6. The van der Waals surface area contributed by atoms with Crippen LogP contribution in [0.1, 0.15) is 65.8 Å². The average molecular weight is 563 g/mol. The summed E-state index contributed by atoms with van der Waals surface area (Å²) < 4.78 is 23.0. The molecular formula is C37H38O5. The molecule has 1 saturated carbocycles. The van der Waals surface area contributed by atoms with Crippen LogP contribution in [0.15, 0.2) is 103 Å². The Hall–Kier alpha value is -4.09. The number of carbonyl (C=O) groups excluding carboxylic acids is 1. The lowest BCUT2D eigenvalue weighted by Gasteiger charge is -2.36. The number of ether oxygens (including phenoxy) is 4. The first kappa shape index (κ1) is 28.0. The number of carbonyl (C=O) groups is 1. The van der Waals surface area contributed by atoms with Gasteiger partial charge >= 0.3 is 5.97 Å². The second kappa shape index (κ2) is 13.3. The number of rotatable bonds is 11. The van der Waals surface area contributed by atoms with Gasteiger partial charge in [-0.3, -0.25) is 0 Å². The van der Waals surface area contributed by atoms with Crippen LogP contribution in [0.3, 0.4) is 0 Å². The summed E-state index contributed by atoms with van der Waals surface area (Å²) in [4.78, 5) is 11.5. The minimum atomic E-state index is -0.313. The van der Waals surface area contributed by atoms with Gasteiger partial charge in [-0.2, -0.15) is 0 Å². The summed E-state index contributed by atoms with van der Waals surface area (Å²) in [5.74, 6) is 2.11. The van der Waals surface area contributed by atoms with Crippen molar-refractivity contribution in [2.75, 3.05) is 13.2 Å². The van der Waals surface area contributed by atoms with Crippen LogP contribution in [-0.4, -0.2) is 31.4 Å². The number of esters is 1. The van der Waals surface area contributed by atoms with E-state index in [2.05, 4.69) is 84.9 Å². The predicted molar refractivity (Wildman–Crippen MR) is 163 cm³/mol. The summed E-state index contributed by atoms with van der Waals surface area (Å²) in [6.07, 6.45) is 3.81. The molecule has 0 saturated heterocycles. The highest BCUT2D eigenvalue weighted by molar-refractivity contribution is 5.70. The molecule has 4 aromatic carbocycles. The van der Waals surface area contributed by atoms with Gasteiger partial charge in [0.05, 0.1) is 12.7 Å². The van der Waals surface area contributed by atoms with Crippen LogP contribution in [0.5, 0.6) is 11.5 Å². The molecule has 1 fully saturated rings. The van der Waals surface area contributed by atoms with Gasteiger partial charge in [0.1, 0.15) is 30.8 Å². The van der Waals surface area contributed by atoms with E-state index in [9.17, 15) is 4.79 Å². The third-order valence-corrected chi connectivity index (χ3v) is 8.39. The average Bonchev–Trinajstić information content (AvgIpc) is 3.02. The molecule has 0 spiro atoms. The van der Waals surface area contributed by atoms with Gasteiger partial charge < -0.3 is 18.9 Å².